The number of aromatic hydroxyl groups is 4. The number of hydrogen-bond acceptors (Lipinski definition) is 8. The summed E-state index contributed by atoms with van der Waals surface area (Å²) < 4.78 is 0. The van der Waals surface area contributed by atoms with Crippen molar-refractivity contribution in [3.05, 3.63) is 47.5 Å². The largest absolute Gasteiger partial charge is 0.508 e. The fourth-order valence-electron chi connectivity index (χ4n) is 2.15. The van der Waals surface area contributed by atoms with Crippen LogP contribution in [0.2, 0.25) is 0 Å². The van der Waals surface area contributed by atoms with Gasteiger partial charge in [0, 0.05) is 36.1 Å². The van der Waals surface area contributed by atoms with Crippen LogP contribution in [-0.2, 0) is 9.59 Å². The molecule has 10 heteroatoms. The Labute approximate surface area is 165 Å². The first-order chi connectivity index (χ1) is 13.8. The molecule has 0 bridgehead atoms. The van der Waals surface area contributed by atoms with Crippen molar-refractivity contribution in [2.45, 2.75) is 19.3 Å². The fraction of sp³-hybridized carbons (Fsp3) is 0.158. The summed E-state index contributed by atoms with van der Waals surface area (Å²) in [6.07, 6.45) is 2.82. The number of phenolic OH excluding ortho intramolecular Hbond substituents is 4. The Morgan fingerprint density at radius 2 is 1.17 bits per heavy atom. The van der Waals surface area contributed by atoms with E-state index in [0.29, 0.717) is 11.1 Å². The van der Waals surface area contributed by atoms with Crippen LogP contribution < -0.4 is 10.9 Å². The lowest BCUT2D eigenvalue weighted by Gasteiger charge is -2.02. The molecule has 0 heterocycles. The van der Waals surface area contributed by atoms with Crippen LogP contribution in [0.25, 0.3) is 0 Å². The number of nitrogens with zero attached hydrogens (tertiary/aromatic N) is 2. The lowest BCUT2D eigenvalue weighted by molar-refractivity contribution is -0.122. The number of phenols is 4. The van der Waals surface area contributed by atoms with E-state index in [9.17, 15) is 30.0 Å². The highest BCUT2D eigenvalue weighted by molar-refractivity contribution is 5.86. The first-order valence-electron chi connectivity index (χ1n) is 8.53. The first kappa shape index (κ1) is 21.2. The van der Waals surface area contributed by atoms with Gasteiger partial charge in [-0.25, -0.2) is 10.9 Å². The molecule has 10 nitrogen and oxygen atoms in total. The molecule has 0 aromatic heterocycles. The maximum atomic E-state index is 11.7. The molecule has 0 radical (unpaired) electrons. The molecule has 6 N–H and O–H groups in total. The van der Waals surface area contributed by atoms with Gasteiger partial charge in [-0.3, -0.25) is 9.59 Å². The Balaban J connectivity index is 1.68. The van der Waals surface area contributed by atoms with E-state index < -0.39 is 11.8 Å². The van der Waals surface area contributed by atoms with E-state index in [2.05, 4.69) is 21.1 Å². The second-order valence-corrected chi connectivity index (χ2v) is 5.93. The summed E-state index contributed by atoms with van der Waals surface area (Å²) in [5.41, 5.74) is 5.18. The molecule has 0 fully saturated rings. The summed E-state index contributed by atoms with van der Waals surface area (Å²) in [6.45, 7) is 0. The van der Waals surface area contributed by atoms with Crippen molar-refractivity contribution in [1.29, 1.82) is 0 Å². The highest BCUT2D eigenvalue weighted by Gasteiger charge is 2.05. The Kier molecular flexibility index (Phi) is 7.54. The highest BCUT2D eigenvalue weighted by Crippen LogP contribution is 2.21. The second-order valence-electron chi connectivity index (χ2n) is 5.93. The fourth-order valence-corrected chi connectivity index (χ4v) is 2.15. The smallest absolute Gasteiger partial charge is 0.240 e. The zero-order valence-corrected chi connectivity index (χ0v) is 15.2. The van der Waals surface area contributed by atoms with Crippen molar-refractivity contribution in [1.82, 2.24) is 10.9 Å². The Morgan fingerprint density at radius 1 is 0.759 bits per heavy atom. The zero-order chi connectivity index (χ0) is 21.2. The molecule has 0 atom stereocenters. The van der Waals surface area contributed by atoms with Gasteiger partial charge in [-0.15, -0.1) is 0 Å². The molecule has 0 saturated heterocycles. The quantitative estimate of drug-likeness (QED) is 0.289. The molecular weight excluding hydrogens is 380 g/mol. The van der Waals surface area contributed by atoms with Gasteiger partial charge in [0.15, 0.2) is 0 Å². The van der Waals surface area contributed by atoms with Crippen LogP contribution in [0, 0.1) is 0 Å². The van der Waals surface area contributed by atoms with E-state index >= 15 is 0 Å². The molecule has 0 saturated carbocycles. The van der Waals surface area contributed by atoms with Gasteiger partial charge in [0.25, 0.3) is 0 Å². The summed E-state index contributed by atoms with van der Waals surface area (Å²) in [5.74, 6) is -1.37. The normalized spacial score (nSPS) is 11.0. The van der Waals surface area contributed by atoms with Crippen molar-refractivity contribution in [2.75, 3.05) is 0 Å². The predicted octanol–water partition coefficient (Wildman–Crippen LogP) is 1.28. The van der Waals surface area contributed by atoms with Crippen molar-refractivity contribution in [3.8, 4) is 23.0 Å². The topological polar surface area (TPSA) is 164 Å². The summed E-state index contributed by atoms with van der Waals surface area (Å²) in [5, 5.41) is 44.9. The minimum atomic E-state index is -0.412. The van der Waals surface area contributed by atoms with Crippen LogP contribution in [0.4, 0.5) is 0 Å². The number of amides is 2. The SMILES string of the molecule is O=C(CCCC(=O)N/N=C/c1ccc(O)cc1O)N/N=C/c1ccc(O)cc1O. The number of nitrogens with one attached hydrogen (secondary N) is 2. The molecule has 0 aliphatic carbocycles. The molecule has 0 aliphatic heterocycles. The maximum absolute atomic E-state index is 11.7. The number of hydrogen-bond donors (Lipinski definition) is 6. The number of benzene rings is 2. The van der Waals surface area contributed by atoms with Gasteiger partial charge in [-0.1, -0.05) is 0 Å². The average molecular weight is 400 g/mol. The van der Waals surface area contributed by atoms with Crippen LogP contribution in [0.15, 0.2) is 46.6 Å². The predicted molar refractivity (Wildman–Crippen MR) is 105 cm³/mol. The van der Waals surface area contributed by atoms with Gasteiger partial charge >= 0.3 is 0 Å². The Bertz CT molecular complexity index is 867. The number of carbonyl (C=O) groups is 2. The number of rotatable bonds is 8. The lowest BCUT2D eigenvalue weighted by Crippen LogP contribution is -2.20. The number of hydrazone groups is 2. The molecule has 0 spiro atoms. The second kappa shape index (κ2) is 10.3. The van der Waals surface area contributed by atoms with Crippen LogP contribution in [-0.4, -0.2) is 44.7 Å². The van der Waals surface area contributed by atoms with E-state index in [4.69, 9.17) is 0 Å². The molecule has 2 amide bonds. The number of carbonyl (C=O) groups excluding carboxylic acids is 2. The summed E-state index contributed by atoms with van der Waals surface area (Å²) in [4.78, 5) is 23.4. The average Bonchev–Trinajstić information content (AvgIpc) is 2.65. The van der Waals surface area contributed by atoms with Crippen molar-refractivity contribution >= 4 is 24.2 Å². The summed E-state index contributed by atoms with van der Waals surface area (Å²) >= 11 is 0. The Morgan fingerprint density at radius 3 is 1.55 bits per heavy atom. The van der Waals surface area contributed by atoms with Crippen molar-refractivity contribution in [3.63, 3.8) is 0 Å². The monoisotopic (exact) mass is 400 g/mol. The molecule has 152 valence electrons. The van der Waals surface area contributed by atoms with Gasteiger partial charge in [0.2, 0.25) is 11.8 Å². The maximum Gasteiger partial charge on any atom is 0.240 e. The van der Waals surface area contributed by atoms with Gasteiger partial charge in [-0.05, 0) is 30.7 Å². The van der Waals surface area contributed by atoms with E-state index in [0.717, 1.165) is 12.1 Å². The van der Waals surface area contributed by atoms with Gasteiger partial charge in [-0.2, -0.15) is 10.2 Å². The molecule has 29 heavy (non-hydrogen) atoms. The summed E-state index contributed by atoms with van der Waals surface area (Å²) in [6, 6.07) is 7.90. The van der Waals surface area contributed by atoms with Crippen LogP contribution >= 0.6 is 0 Å². The van der Waals surface area contributed by atoms with Crippen molar-refractivity contribution in [2.24, 2.45) is 10.2 Å². The van der Waals surface area contributed by atoms with Crippen LogP contribution in [0.1, 0.15) is 30.4 Å². The highest BCUT2D eigenvalue weighted by atomic mass is 16.3. The van der Waals surface area contributed by atoms with E-state index in [-0.39, 0.29) is 42.3 Å². The molecule has 2 aromatic carbocycles. The van der Waals surface area contributed by atoms with Crippen LogP contribution in [0.3, 0.4) is 0 Å². The van der Waals surface area contributed by atoms with Gasteiger partial charge < -0.3 is 20.4 Å². The lowest BCUT2D eigenvalue weighted by atomic mass is 10.2. The summed E-state index contributed by atoms with van der Waals surface area (Å²) in [7, 11) is 0. The standard InChI is InChI=1S/C19H20N4O6/c24-14-6-4-12(16(26)8-14)10-20-22-18(28)2-1-3-19(29)23-21-11-13-5-7-15(25)9-17(13)27/h4-11,24-27H,1-3H2,(H,22,28)(H,23,29)/b20-10+,21-11+. The third kappa shape index (κ3) is 7.21. The van der Waals surface area contributed by atoms with Gasteiger partial charge in [0.1, 0.15) is 23.0 Å². The minimum absolute atomic E-state index is 0.0504. The molecule has 2 rings (SSSR count). The molecular formula is C19H20N4O6. The molecule has 2 aromatic rings. The Hall–Kier alpha value is -4.08. The van der Waals surface area contributed by atoms with Gasteiger partial charge in [0.05, 0.1) is 12.4 Å². The third-order valence-electron chi connectivity index (χ3n) is 3.62. The minimum Gasteiger partial charge on any atom is -0.508 e. The van der Waals surface area contributed by atoms with E-state index in [1.807, 2.05) is 0 Å². The third-order valence-corrected chi connectivity index (χ3v) is 3.62. The van der Waals surface area contributed by atoms with E-state index in [1.54, 1.807) is 0 Å². The van der Waals surface area contributed by atoms with E-state index in [1.165, 1.54) is 36.7 Å². The van der Waals surface area contributed by atoms with Crippen molar-refractivity contribution < 1.29 is 30.0 Å². The first-order valence-corrected chi connectivity index (χ1v) is 8.53. The molecule has 0 aliphatic rings. The molecule has 0 unspecified atom stereocenters. The van der Waals surface area contributed by atoms with Crippen LogP contribution in [0.5, 0.6) is 23.0 Å². The zero-order valence-electron chi connectivity index (χ0n) is 15.2.